The smallest absolute Gasteiger partial charge is 0.234 e. The van der Waals surface area contributed by atoms with Crippen LogP contribution in [0.3, 0.4) is 0 Å². The maximum atomic E-state index is 10.8. The predicted molar refractivity (Wildman–Crippen MR) is 50.1 cm³/mol. The van der Waals surface area contributed by atoms with E-state index in [2.05, 4.69) is 5.32 Å². The van der Waals surface area contributed by atoms with Crippen molar-refractivity contribution in [3.05, 3.63) is 0 Å². The van der Waals surface area contributed by atoms with Crippen LogP contribution in [0.25, 0.3) is 0 Å². The third-order valence-electron chi connectivity index (χ3n) is 2.62. The number of amides is 1. The highest BCUT2D eigenvalue weighted by Crippen LogP contribution is 2.18. The van der Waals surface area contributed by atoms with E-state index in [-0.39, 0.29) is 24.1 Å². The molecule has 4 nitrogen and oxygen atoms in total. The summed E-state index contributed by atoms with van der Waals surface area (Å²) in [6.07, 6.45) is 3.61. The molecule has 0 aliphatic heterocycles. The van der Waals surface area contributed by atoms with E-state index in [1.807, 2.05) is 0 Å². The van der Waals surface area contributed by atoms with Gasteiger partial charge >= 0.3 is 0 Å². The van der Waals surface area contributed by atoms with E-state index in [1.54, 1.807) is 6.92 Å². The Morgan fingerprint density at radius 3 is 2.69 bits per heavy atom. The minimum absolute atomic E-state index is 0.0382. The standard InChI is InChI=1S/C9H18N2O2/c1-6(9(10)13)11-7-4-2-3-5-8(7)12/h6-8,11-12H,2-5H2,1H3,(H2,10,13)/t6?,7-,8-/m0/s1. The second-order valence-corrected chi connectivity index (χ2v) is 3.75. The van der Waals surface area contributed by atoms with Crippen molar-refractivity contribution in [1.82, 2.24) is 5.32 Å². The van der Waals surface area contributed by atoms with E-state index >= 15 is 0 Å². The van der Waals surface area contributed by atoms with E-state index in [1.165, 1.54) is 0 Å². The number of carbonyl (C=O) groups is 1. The Balaban J connectivity index is 2.37. The lowest BCUT2D eigenvalue weighted by molar-refractivity contribution is -0.120. The van der Waals surface area contributed by atoms with Gasteiger partial charge in [-0.3, -0.25) is 4.79 Å². The number of nitrogens with one attached hydrogen (secondary N) is 1. The summed E-state index contributed by atoms with van der Waals surface area (Å²) in [7, 11) is 0. The van der Waals surface area contributed by atoms with E-state index < -0.39 is 0 Å². The predicted octanol–water partition coefficient (Wildman–Crippen LogP) is -0.247. The summed E-state index contributed by atoms with van der Waals surface area (Å²) in [6.45, 7) is 1.73. The minimum Gasteiger partial charge on any atom is -0.392 e. The fraction of sp³-hybridized carbons (Fsp3) is 0.889. The lowest BCUT2D eigenvalue weighted by atomic mass is 9.92. The highest BCUT2D eigenvalue weighted by atomic mass is 16.3. The summed E-state index contributed by atoms with van der Waals surface area (Å²) in [5.41, 5.74) is 5.12. The summed E-state index contributed by atoms with van der Waals surface area (Å²) >= 11 is 0. The Morgan fingerprint density at radius 1 is 1.54 bits per heavy atom. The van der Waals surface area contributed by atoms with E-state index in [0.29, 0.717) is 0 Å². The SMILES string of the molecule is CC(N[C@H]1CCCC[C@@H]1O)C(N)=O. The lowest BCUT2D eigenvalue weighted by Crippen LogP contribution is -2.50. The first kappa shape index (κ1) is 10.5. The summed E-state index contributed by atoms with van der Waals surface area (Å²) in [5.74, 6) is -0.363. The van der Waals surface area contributed by atoms with Gasteiger partial charge < -0.3 is 16.2 Å². The second-order valence-electron chi connectivity index (χ2n) is 3.75. The number of hydrogen-bond acceptors (Lipinski definition) is 3. The van der Waals surface area contributed by atoms with E-state index in [0.717, 1.165) is 25.7 Å². The van der Waals surface area contributed by atoms with Crippen LogP contribution in [-0.2, 0) is 4.79 Å². The molecule has 0 aromatic rings. The van der Waals surface area contributed by atoms with Gasteiger partial charge in [0.1, 0.15) is 0 Å². The number of hydrogen-bond donors (Lipinski definition) is 3. The lowest BCUT2D eigenvalue weighted by Gasteiger charge is -2.30. The van der Waals surface area contributed by atoms with Crippen molar-refractivity contribution < 1.29 is 9.90 Å². The molecule has 76 valence electrons. The molecule has 4 heteroatoms. The maximum absolute atomic E-state index is 10.8. The van der Waals surface area contributed by atoms with Crippen LogP contribution < -0.4 is 11.1 Å². The molecular formula is C9H18N2O2. The van der Waals surface area contributed by atoms with Crippen molar-refractivity contribution in [2.24, 2.45) is 5.73 Å². The minimum atomic E-state index is -0.363. The fourth-order valence-corrected chi connectivity index (χ4v) is 1.71. The molecule has 0 bridgehead atoms. The van der Waals surface area contributed by atoms with Gasteiger partial charge in [-0.15, -0.1) is 0 Å². The molecule has 0 saturated heterocycles. The van der Waals surface area contributed by atoms with Crippen molar-refractivity contribution in [2.45, 2.75) is 50.8 Å². The molecule has 0 heterocycles. The Morgan fingerprint density at radius 2 is 2.15 bits per heavy atom. The fourth-order valence-electron chi connectivity index (χ4n) is 1.71. The Labute approximate surface area is 78.5 Å². The van der Waals surface area contributed by atoms with Gasteiger partial charge in [0.15, 0.2) is 0 Å². The molecule has 1 fully saturated rings. The summed E-state index contributed by atoms with van der Waals surface area (Å²) < 4.78 is 0. The Kier molecular flexibility index (Phi) is 3.69. The normalized spacial score (nSPS) is 31.2. The van der Waals surface area contributed by atoms with Gasteiger partial charge in [0.25, 0.3) is 0 Å². The first-order valence-electron chi connectivity index (χ1n) is 4.84. The zero-order chi connectivity index (χ0) is 9.84. The first-order valence-corrected chi connectivity index (χ1v) is 4.84. The molecule has 1 rings (SSSR count). The molecule has 0 spiro atoms. The van der Waals surface area contributed by atoms with Crippen molar-refractivity contribution >= 4 is 5.91 Å². The van der Waals surface area contributed by atoms with Crippen LogP contribution >= 0.6 is 0 Å². The quantitative estimate of drug-likeness (QED) is 0.569. The average molecular weight is 186 g/mol. The van der Waals surface area contributed by atoms with Gasteiger partial charge in [-0.25, -0.2) is 0 Å². The topological polar surface area (TPSA) is 75.3 Å². The third kappa shape index (κ3) is 2.97. The van der Waals surface area contributed by atoms with Crippen molar-refractivity contribution in [3.8, 4) is 0 Å². The number of aliphatic hydroxyl groups is 1. The van der Waals surface area contributed by atoms with Gasteiger partial charge in [0.05, 0.1) is 12.1 Å². The Hall–Kier alpha value is -0.610. The average Bonchev–Trinajstić information content (AvgIpc) is 2.08. The third-order valence-corrected chi connectivity index (χ3v) is 2.62. The molecule has 4 N–H and O–H groups in total. The van der Waals surface area contributed by atoms with Crippen LogP contribution in [0, 0.1) is 0 Å². The first-order chi connectivity index (χ1) is 6.11. The summed E-state index contributed by atoms with van der Waals surface area (Å²) in [6, 6.07) is -0.311. The monoisotopic (exact) mass is 186 g/mol. The number of rotatable bonds is 3. The molecule has 3 atom stereocenters. The molecular weight excluding hydrogens is 168 g/mol. The van der Waals surface area contributed by atoms with Gasteiger partial charge in [-0.2, -0.15) is 0 Å². The highest BCUT2D eigenvalue weighted by molar-refractivity contribution is 5.79. The van der Waals surface area contributed by atoms with Crippen LogP contribution in [0.4, 0.5) is 0 Å². The maximum Gasteiger partial charge on any atom is 0.234 e. The summed E-state index contributed by atoms with van der Waals surface area (Å²) in [4.78, 5) is 10.8. The molecule has 13 heavy (non-hydrogen) atoms. The Bertz CT molecular complexity index is 184. The van der Waals surface area contributed by atoms with Crippen LogP contribution in [0.5, 0.6) is 0 Å². The van der Waals surface area contributed by atoms with Crippen molar-refractivity contribution in [2.75, 3.05) is 0 Å². The number of aliphatic hydroxyl groups excluding tert-OH is 1. The number of primary amides is 1. The van der Waals surface area contributed by atoms with Gasteiger partial charge in [-0.1, -0.05) is 12.8 Å². The molecule has 1 saturated carbocycles. The van der Waals surface area contributed by atoms with E-state index in [9.17, 15) is 9.90 Å². The number of nitrogens with two attached hydrogens (primary N) is 1. The molecule has 1 amide bonds. The van der Waals surface area contributed by atoms with Gasteiger partial charge in [-0.05, 0) is 19.8 Å². The molecule has 1 unspecified atom stereocenters. The van der Waals surface area contributed by atoms with Gasteiger partial charge in [0, 0.05) is 6.04 Å². The molecule has 1 aliphatic carbocycles. The van der Waals surface area contributed by atoms with Crippen LogP contribution in [0.1, 0.15) is 32.6 Å². The van der Waals surface area contributed by atoms with Crippen molar-refractivity contribution in [3.63, 3.8) is 0 Å². The van der Waals surface area contributed by atoms with Crippen molar-refractivity contribution in [1.29, 1.82) is 0 Å². The summed E-state index contributed by atoms with van der Waals surface area (Å²) in [5, 5.41) is 12.6. The molecule has 1 aliphatic rings. The number of carbonyl (C=O) groups excluding carboxylic acids is 1. The van der Waals surface area contributed by atoms with Crippen LogP contribution in [-0.4, -0.2) is 29.2 Å². The second kappa shape index (κ2) is 4.58. The largest absolute Gasteiger partial charge is 0.392 e. The molecule has 0 aromatic heterocycles. The van der Waals surface area contributed by atoms with Crippen LogP contribution in [0.2, 0.25) is 0 Å². The molecule has 0 radical (unpaired) electrons. The molecule has 0 aromatic carbocycles. The zero-order valence-electron chi connectivity index (χ0n) is 7.99. The van der Waals surface area contributed by atoms with Gasteiger partial charge in [0.2, 0.25) is 5.91 Å². The highest BCUT2D eigenvalue weighted by Gasteiger charge is 2.25. The van der Waals surface area contributed by atoms with Crippen LogP contribution in [0.15, 0.2) is 0 Å². The van der Waals surface area contributed by atoms with E-state index in [4.69, 9.17) is 5.73 Å². The zero-order valence-corrected chi connectivity index (χ0v) is 7.99.